The zero-order valence-electron chi connectivity index (χ0n) is 26.2. The van der Waals surface area contributed by atoms with Gasteiger partial charge in [-0.3, -0.25) is 9.68 Å². The normalized spacial score (nSPS) is 10.4. The van der Waals surface area contributed by atoms with Gasteiger partial charge in [-0.2, -0.15) is 0 Å². The summed E-state index contributed by atoms with van der Waals surface area (Å²) in [7, 11) is -2.23. The molecule has 0 aliphatic heterocycles. The van der Waals surface area contributed by atoms with Crippen LogP contribution in [0.1, 0.15) is 43.4 Å². The first-order valence-corrected chi connectivity index (χ1v) is 15.2. The number of pyridine rings is 2. The van der Waals surface area contributed by atoms with Crippen molar-refractivity contribution in [3.63, 3.8) is 0 Å². The summed E-state index contributed by atoms with van der Waals surface area (Å²) in [5.74, 6) is 0.493. The SMILES string of the molecule is CCO[n+]1ccc(O)cc1.CCO[n+]1ccc(O)cc1.[O-]B([O-])OCCCC(c1ccccc1)(c1ccccc1)c1ccccc1. The van der Waals surface area contributed by atoms with Crippen LogP contribution in [0, 0.1) is 0 Å². The van der Waals surface area contributed by atoms with Crippen LogP contribution in [-0.4, -0.2) is 37.4 Å². The Labute approximate surface area is 271 Å². The van der Waals surface area contributed by atoms with E-state index in [0.717, 1.165) is 6.42 Å². The summed E-state index contributed by atoms with van der Waals surface area (Å²) in [5, 5.41) is 39.1. The number of hydrogen-bond acceptors (Lipinski definition) is 7. The van der Waals surface area contributed by atoms with Gasteiger partial charge in [-0.25, -0.2) is 0 Å². The van der Waals surface area contributed by atoms with Crippen molar-refractivity contribution < 1.29 is 44.1 Å². The van der Waals surface area contributed by atoms with E-state index in [2.05, 4.69) is 36.4 Å². The van der Waals surface area contributed by atoms with Gasteiger partial charge < -0.3 is 24.9 Å². The molecule has 2 N–H and O–H groups in total. The van der Waals surface area contributed by atoms with E-state index < -0.39 is 7.32 Å². The molecule has 0 aliphatic carbocycles. The Kier molecular flexibility index (Phi) is 15.1. The molecule has 5 rings (SSSR count). The molecule has 0 spiro atoms. The van der Waals surface area contributed by atoms with Crippen molar-refractivity contribution in [1.29, 1.82) is 0 Å². The summed E-state index contributed by atoms with van der Waals surface area (Å²) in [4.78, 5) is 10.1. The van der Waals surface area contributed by atoms with Crippen LogP contribution in [0.15, 0.2) is 140 Å². The van der Waals surface area contributed by atoms with Gasteiger partial charge in [-0.05, 0) is 43.4 Å². The van der Waals surface area contributed by atoms with Crippen molar-refractivity contribution in [2.45, 2.75) is 32.1 Å². The first-order valence-electron chi connectivity index (χ1n) is 15.2. The minimum atomic E-state index is -2.23. The van der Waals surface area contributed by atoms with E-state index in [-0.39, 0.29) is 23.5 Å². The van der Waals surface area contributed by atoms with Crippen LogP contribution in [0.25, 0.3) is 0 Å². The summed E-state index contributed by atoms with van der Waals surface area (Å²) in [5.41, 5.74) is 3.17. The zero-order chi connectivity index (χ0) is 33.0. The average Bonchev–Trinajstić information content (AvgIpc) is 3.09. The molecule has 0 unspecified atom stereocenters. The van der Waals surface area contributed by atoms with Crippen LogP contribution < -0.4 is 29.2 Å². The Balaban J connectivity index is 0.000000235. The standard InChI is InChI=1S/C22H21BO3.2C7H9NO2/c24-23(25)26-18-10-17-22(19-11-4-1-5-12-19,20-13-6-2-7-14-20)21-15-8-3-9-16-21;2*1-2-10-8-5-3-7(9)4-6-8/h1-9,11-16H,10,17-18H2;2*3-6H,2H2,1H3/q-2;;/p+2. The molecule has 240 valence electrons. The molecule has 0 bridgehead atoms. The monoisotopic (exact) mass is 624 g/mol. The van der Waals surface area contributed by atoms with Crippen LogP contribution in [0.4, 0.5) is 0 Å². The van der Waals surface area contributed by atoms with Crippen molar-refractivity contribution in [3.05, 3.63) is 157 Å². The highest BCUT2D eigenvalue weighted by molar-refractivity contribution is 6.28. The highest BCUT2D eigenvalue weighted by Crippen LogP contribution is 2.42. The molecule has 5 aromatic rings. The molecule has 0 radical (unpaired) electrons. The quantitative estimate of drug-likeness (QED) is 0.0948. The molecule has 0 saturated heterocycles. The third-order valence-electron chi connectivity index (χ3n) is 6.88. The van der Waals surface area contributed by atoms with Gasteiger partial charge in [0.15, 0.2) is 13.2 Å². The number of hydrogen-bond donors (Lipinski definition) is 2. The highest BCUT2D eigenvalue weighted by Gasteiger charge is 2.35. The molecule has 2 heterocycles. The minimum absolute atomic E-state index is 0.159. The topological polar surface area (TPSA) is 122 Å². The second-order valence-corrected chi connectivity index (χ2v) is 9.93. The maximum Gasteiger partial charge on any atom is 0.226 e. The number of rotatable bonds is 12. The van der Waals surface area contributed by atoms with Crippen molar-refractivity contribution in [1.82, 2.24) is 0 Å². The van der Waals surface area contributed by atoms with Gasteiger partial charge in [0.1, 0.15) is 11.5 Å². The summed E-state index contributed by atoms with van der Waals surface area (Å²) < 4.78 is 7.82. The first-order chi connectivity index (χ1) is 22.4. The van der Waals surface area contributed by atoms with E-state index in [1.165, 1.54) is 16.7 Å². The molecule has 2 aromatic heterocycles. The molecular weight excluding hydrogens is 583 g/mol. The lowest BCUT2D eigenvalue weighted by Crippen LogP contribution is -2.48. The number of nitrogens with zero attached hydrogens (tertiary/aromatic N) is 2. The molecule has 10 heteroatoms. The minimum Gasteiger partial charge on any atom is -0.871 e. The van der Waals surface area contributed by atoms with Crippen LogP contribution in [0.3, 0.4) is 0 Å². The lowest BCUT2D eigenvalue weighted by atomic mass is 9.67. The Morgan fingerprint density at radius 3 is 1.24 bits per heavy atom. The highest BCUT2D eigenvalue weighted by atomic mass is 16.7. The molecule has 0 aliphatic rings. The molecule has 9 nitrogen and oxygen atoms in total. The van der Waals surface area contributed by atoms with Gasteiger partial charge in [0.25, 0.3) is 0 Å². The van der Waals surface area contributed by atoms with Gasteiger partial charge in [-0.15, -0.1) is 0 Å². The molecule has 0 fully saturated rings. The van der Waals surface area contributed by atoms with Gasteiger partial charge >= 0.3 is 0 Å². The average molecular weight is 625 g/mol. The Hall–Kier alpha value is -4.90. The molecule has 3 aromatic carbocycles. The van der Waals surface area contributed by atoms with E-state index in [1.807, 2.05) is 68.4 Å². The molecule has 46 heavy (non-hydrogen) atoms. The summed E-state index contributed by atoms with van der Waals surface area (Å²) in [6.45, 7) is 5.20. The van der Waals surface area contributed by atoms with E-state index in [0.29, 0.717) is 19.6 Å². The van der Waals surface area contributed by atoms with Crippen molar-refractivity contribution >= 4 is 7.32 Å². The predicted molar refractivity (Wildman–Crippen MR) is 171 cm³/mol. The Morgan fingerprint density at radius 1 is 0.587 bits per heavy atom. The van der Waals surface area contributed by atoms with Gasteiger partial charge in [-0.1, -0.05) is 91.0 Å². The van der Waals surface area contributed by atoms with Crippen LogP contribution in [0.2, 0.25) is 0 Å². The van der Waals surface area contributed by atoms with E-state index in [4.69, 9.17) is 24.5 Å². The van der Waals surface area contributed by atoms with Gasteiger partial charge in [0, 0.05) is 45.7 Å². The van der Waals surface area contributed by atoms with Gasteiger partial charge in [0.2, 0.25) is 24.8 Å². The largest absolute Gasteiger partial charge is 0.871 e. The summed E-state index contributed by atoms with van der Waals surface area (Å²) in [6, 6.07) is 37.3. The molecule has 0 saturated carbocycles. The van der Waals surface area contributed by atoms with Crippen molar-refractivity contribution in [2.75, 3.05) is 19.8 Å². The molecular formula is C36H41BN2O7. The fourth-order valence-corrected chi connectivity index (χ4v) is 4.90. The van der Waals surface area contributed by atoms with E-state index in [9.17, 15) is 10.0 Å². The third-order valence-corrected chi connectivity index (χ3v) is 6.88. The van der Waals surface area contributed by atoms with Crippen LogP contribution in [0.5, 0.6) is 11.5 Å². The smallest absolute Gasteiger partial charge is 0.226 e. The molecule has 0 amide bonds. The Bertz CT molecular complexity index is 1350. The summed E-state index contributed by atoms with van der Waals surface area (Å²) >= 11 is 0. The van der Waals surface area contributed by atoms with E-state index >= 15 is 0 Å². The molecule has 0 atom stereocenters. The van der Waals surface area contributed by atoms with Crippen LogP contribution in [-0.2, 0) is 10.1 Å². The fraction of sp³-hybridized carbons (Fsp3) is 0.222. The summed E-state index contributed by atoms with van der Waals surface area (Å²) in [6.07, 6.45) is 7.95. The maximum absolute atomic E-state index is 10.7. The van der Waals surface area contributed by atoms with Crippen molar-refractivity contribution in [2.24, 2.45) is 0 Å². The van der Waals surface area contributed by atoms with Gasteiger partial charge in [0.05, 0.1) is 7.32 Å². The lowest BCUT2D eigenvalue weighted by molar-refractivity contribution is -0.891. The third kappa shape index (κ3) is 11.2. The number of benzene rings is 3. The number of aromatic nitrogens is 2. The second-order valence-electron chi connectivity index (χ2n) is 9.93. The lowest BCUT2D eigenvalue weighted by Gasteiger charge is -2.37. The predicted octanol–water partition coefficient (Wildman–Crippen LogP) is 2.78. The maximum atomic E-state index is 10.7. The number of aromatic hydroxyl groups is 2. The van der Waals surface area contributed by atoms with Crippen molar-refractivity contribution in [3.8, 4) is 11.5 Å². The first kappa shape index (κ1) is 35.6. The zero-order valence-corrected chi connectivity index (χ0v) is 26.2. The Morgan fingerprint density at radius 2 is 0.935 bits per heavy atom. The fourth-order valence-electron chi connectivity index (χ4n) is 4.90. The van der Waals surface area contributed by atoms with Crippen LogP contribution >= 0.6 is 0 Å². The van der Waals surface area contributed by atoms with E-state index in [1.54, 1.807) is 58.5 Å². The second kappa shape index (κ2) is 19.5.